The van der Waals surface area contributed by atoms with Gasteiger partial charge in [0.05, 0.1) is 55.5 Å². The number of benzene rings is 8. The maximum atomic E-state index is 12.6. The zero-order chi connectivity index (χ0) is 92.3. The number of halogens is 9. The van der Waals surface area contributed by atoms with Gasteiger partial charge in [-0.15, -0.1) is 12.4 Å². The highest BCUT2D eigenvalue weighted by Gasteiger charge is 2.41. The number of ether oxygens (including phenoxy) is 1. The molecule has 0 bridgehead atoms. The molecule has 2 aliphatic carbocycles. The molecule has 1 fully saturated rings. The third-order valence-corrected chi connectivity index (χ3v) is 21.9. The van der Waals surface area contributed by atoms with Gasteiger partial charge in [0.15, 0.2) is 0 Å². The molecular weight excluding hydrogens is 2030 g/mol. The van der Waals surface area contributed by atoms with Gasteiger partial charge in [0.2, 0.25) is 5.91 Å². The van der Waals surface area contributed by atoms with Crippen molar-refractivity contribution >= 4 is 231 Å². The number of esters is 2. The number of rotatable bonds is 15. The normalized spacial score (nSPS) is 15.2. The van der Waals surface area contributed by atoms with Crippen molar-refractivity contribution in [1.82, 2.24) is 24.7 Å². The minimum absolute atomic E-state index is 0. The number of Topliss-reactive ketones (excluding diaryl/α,β-unsaturated/α-hetero) is 1. The van der Waals surface area contributed by atoms with E-state index in [4.69, 9.17) is 38.3 Å². The molecule has 36 heteroatoms. The fourth-order valence-corrected chi connectivity index (χ4v) is 15.2. The molecule has 128 heavy (non-hydrogen) atoms. The molecule has 11 N–H and O–H groups in total. The topological polar surface area (TPSA) is 423 Å². The number of nitrogens with one attached hydrogen (secondary N) is 1. The summed E-state index contributed by atoms with van der Waals surface area (Å²) in [6, 6.07) is 57.0. The van der Waals surface area contributed by atoms with E-state index in [1.54, 1.807) is 124 Å². The van der Waals surface area contributed by atoms with Crippen LogP contribution >= 0.6 is 127 Å². The van der Waals surface area contributed by atoms with Crippen molar-refractivity contribution < 1.29 is 77.0 Å². The van der Waals surface area contributed by atoms with Crippen molar-refractivity contribution in [2.45, 2.75) is 158 Å². The Balaban J connectivity index is 0.000000313. The van der Waals surface area contributed by atoms with Crippen LogP contribution in [0.25, 0.3) is 21.8 Å². The van der Waals surface area contributed by atoms with Crippen LogP contribution in [0.3, 0.4) is 0 Å². The Labute approximate surface area is 802 Å². The van der Waals surface area contributed by atoms with Crippen LogP contribution in [-0.4, -0.2) is 130 Å². The van der Waals surface area contributed by atoms with Crippen LogP contribution in [0.4, 0.5) is 11.4 Å². The van der Waals surface area contributed by atoms with E-state index >= 15 is 0 Å². The predicted octanol–water partition coefficient (Wildman–Crippen LogP) is 21.9. The zero-order valence-corrected chi connectivity index (χ0v) is 80.0. The summed E-state index contributed by atoms with van der Waals surface area (Å²) in [4.78, 5) is 152. The smallest absolute Gasteiger partial charge is 0.346 e. The highest BCUT2D eigenvalue weighted by molar-refractivity contribution is 9.11. The number of hydrazine groups is 1. The molecule has 6 aliphatic rings. The molecule has 8 aromatic carbocycles. The lowest BCUT2D eigenvalue weighted by molar-refractivity contribution is -0.138. The van der Waals surface area contributed by atoms with Gasteiger partial charge >= 0.3 is 29.1 Å². The summed E-state index contributed by atoms with van der Waals surface area (Å²) in [7, 11) is 0. The number of aliphatic carboxylic acids is 2. The number of hydrogen-bond acceptors (Lipinski definition) is 20. The Bertz CT molecular complexity index is 5560. The van der Waals surface area contributed by atoms with Gasteiger partial charge in [0, 0.05) is 102 Å². The van der Waals surface area contributed by atoms with E-state index in [1.807, 2.05) is 73.7 Å². The van der Waals surface area contributed by atoms with E-state index < -0.39 is 35.1 Å². The minimum atomic E-state index is -3.22. The molecule has 26 nitrogen and oxygen atoms in total. The molecule has 10 aromatic rings. The fraction of sp³-hybridized carbons (Fsp3) is 0.283. The summed E-state index contributed by atoms with van der Waals surface area (Å²) >= 11 is 33.7. The summed E-state index contributed by atoms with van der Waals surface area (Å²) in [6.07, 6.45) is 7.14. The van der Waals surface area contributed by atoms with Gasteiger partial charge in [-0.2, -0.15) is 0 Å². The number of amides is 7. The van der Waals surface area contributed by atoms with Crippen molar-refractivity contribution in [3.63, 3.8) is 0 Å². The summed E-state index contributed by atoms with van der Waals surface area (Å²) in [5.74, 6) is 5.15. The van der Waals surface area contributed by atoms with Crippen LogP contribution < -0.4 is 28.5 Å². The lowest BCUT2D eigenvalue weighted by Gasteiger charge is -2.23. The highest BCUT2D eigenvalue weighted by atomic mass is 79.9. The second-order valence-corrected chi connectivity index (χ2v) is 40.2. The number of nitrogens with zero attached hydrogens (tertiary/aromatic N) is 5. The van der Waals surface area contributed by atoms with Gasteiger partial charge in [-0.25, -0.2) is 14.6 Å². The summed E-state index contributed by atoms with van der Waals surface area (Å²) in [5, 5.41) is 18.9. The van der Waals surface area contributed by atoms with Crippen LogP contribution in [-0.2, 0) is 47.7 Å². The van der Waals surface area contributed by atoms with Crippen LogP contribution in [0.1, 0.15) is 214 Å². The quantitative estimate of drug-likeness (QED) is 0.00732. The highest BCUT2D eigenvalue weighted by Crippen LogP contribution is 2.61. The molecule has 7 amide bonds. The molecule has 2 aromatic heterocycles. The minimum Gasteiger partial charge on any atom is -0.481 e. The van der Waals surface area contributed by atoms with Gasteiger partial charge in [0.1, 0.15) is 10.9 Å². The van der Waals surface area contributed by atoms with Crippen LogP contribution in [0.2, 0.25) is 5.15 Å². The Kier molecular flexibility index (Phi) is 45.9. The molecule has 16 rings (SSSR count). The number of carboxylic acids is 2. The van der Waals surface area contributed by atoms with Gasteiger partial charge in [-0.05, 0) is 251 Å². The van der Waals surface area contributed by atoms with Gasteiger partial charge in [-0.1, -0.05) is 177 Å². The van der Waals surface area contributed by atoms with Crippen LogP contribution in [0, 0.1) is 11.8 Å². The van der Waals surface area contributed by atoms with E-state index in [1.165, 1.54) is 32.9 Å². The number of anilines is 2. The number of nitrogens with two attached hydrogens (primary N) is 4. The first-order valence-corrected chi connectivity index (χ1v) is 47.0. The molecular formula is C92H100Br4Cl5N10O16P. The number of carbonyl (C=O) groups is 12. The summed E-state index contributed by atoms with van der Waals surface area (Å²) < 4.78 is 17.8. The number of aromatic nitrogens is 2. The zero-order valence-electron chi connectivity index (χ0n) is 69.0. The lowest BCUT2D eigenvalue weighted by Crippen LogP contribution is -2.39. The molecule has 0 saturated heterocycles. The Hall–Kier alpha value is -9.50. The summed E-state index contributed by atoms with van der Waals surface area (Å²) in [6.45, 7) is 11.5. The van der Waals surface area contributed by atoms with Gasteiger partial charge in [0.25, 0.3) is 35.4 Å². The van der Waals surface area contributed by atoms with Crippen molar-refractivity contribution in [3.05, 3.63) is 278 Å². The monoisotopic (exact) mass is 2120 g/mol. The molecule has 6 heterocycles. The van der Waals surface area contributed by atoms with Crippen molar-refractivity contribution in [2.24, 2.45) is 29.3 Å². The molecule has 1 saturated carbocycles. The Morgan fingerprint density at radius 2 is 0.883 bits per heavy atom. The lowest BCUT2D eigenvalue weighted by atomic mass is 10.1. The first-order chi connectivity index (χ1) is 59.2. The van der Waals surface area contributed by atoms with Gasteiger partial charge in [-0.3, -0.25) is 83.9 Å². The average molecular weight is 2130 g/mol. The Morgan fingerprint density at radius 3 is 1.25 bits per heavy atom. The second kappa shape index (κ2) is 53.0. The first kappa shape index (κ1) is 111. The molecule has 682 valence electrons. The maximum Gasteiger partial charge on any atom is 0.346 e. The third kappa shape index (κ3) is 33.2. The third-order valence-electron chi connectivity index (χ3n) is 19.6. The maximum absolute atomic E-state index is 12.6. The van der Waals surface area contributed by atoms with E-state index in [-0.39, 0.29) is 112 Å². The number of carbonyl (C=O) groups excluding carboxylic acids is 10. The molecule has 0 radical (unpaired) electrons. The Morgan fingerprint density at radius 1 is 0.500 bits per heavy atom. The fourth-order valence-electron chi connectivity index (χ4n) is 13.5. The van der Waals surface area contributed by atoms with E-state index in [2.05, 4.69) is 162 Å². The number of carboxylic acid groups (broad SMARTS) is 2. The molecule has 6 unspecified atom stereocenters. The van der Waals surface area contributed by atoms with Crippen molar-refractivity contribution in [3.8, 4) is 0 Å². The average Bonchev–Trinajstić information content (AvgIpc) is 1.62. The number of pyridine rings is 2. The van der Waals surface area contributed by atoms with Crippen LogP contribution in [0.15, 0.2) is 212 Å². The number of ketones is 1. The molecule has 6 atom stereocenters. The van der Waals surface area contributed by atoms with E-state index in [0.717, 1.165) is 82.1 Å². The van der Waals surface area contributed by atoms with Crippen molar-refractivity contribution in [1.29, 1.82) is 0 Å². The SMILES string of the molecule is C.C.CC(CCC(=O)Nc1cccc(Br)c1)N1C(=O)c2ccccc2C1=O.CC(CCC(=O)O)N1C(=O)c2ccccc2C1=O.CC(Cc1cc2ccc(Br)cc2nc1Cl)N1C(=O)c2ccccc2C1=O.CC(N)CCC(=O)O.CC1CCC(=O)C1.CC1Cc2cc3ccc(Br)cc3nc2C1.Cl.NN.Nc1cccc(Br)c1.O=C1OC(=O)c2ccccc21.O=P(Cl)(Cl)Cl. The number of nitrogen functional groups attached to an aromatic ring is 1. The predicted molar refractivity (Wildman–Crippen MR) is 520 cm³/mol. The van der Waals surface area contributed by atoms with Crippen LogP contribution in [0.5, 0.6) is 0 Å². The molecule has 0 spiro atoms. The standard InChI is InChI=1S/C20H14BrClN2O2.C19H17BrN2O3.C13H12BrN.C13H13NO4.C8H4O3.C6H6BrN.C6H10O.C5H11NO2.2CH4.Cl3OP.ClH.H4N2/c1-11(24-19(25)15-4-2-3-5-16(15)20(24)26)8-13-9-12-6-7-14(21)10-17(12)23-18(13)22;1-12(9-10-17(23)21-14-6-4-5-13(20)11-14)22-18(24)15-7-2-3-8-16(15)19(22)25;1-8-4-10-6-9-2-3-11(14)7-13(9)15-12(10)5-8;1-8(6-7-11(15)16)14-12(17)9-4-2-3-5-10(9)13(14)18;9-7-5-3-1-2-4-6(5)8(10)11-7;7-5-2-1-3-6(8)4-5;1-5-2-3-6(7)4-5;1-4(6)2-3-5(7)8;;;1-5(2,3)4;;1-2/h2-7,9-11H,8H2,1H3;2-8,11-12H,9-10H2,1H3,(H,21,23);2-3,6-8H,4-5H2,1H3;2-5,8H,6-7H2,1H3,(H,15,16);1-4H;1-4H,8H2;5H,2-4H2,1H3;4H,2-3,6H2,1H3,(H,7,8);2*1H4;;1H;1-2H2. The number of cyclic esters (lactones) is 2. The second-order valence-electron chi connectivity index (χ2n) is 29.6. The number of fused-ring (bicyclic) bond motifs is 7. The van der Waals surface area contributed by atoms with E-state index in [0.29, 0.717) is 86.3 Å². The van der Waals surface area contributed by atoms with E-state index in [9.17, 15) is 62.1 Å². The van der Waals surface area contributed by atoms with Gasteiger partial charge < -0.3 is 31.7 Å². The first-order valence-electron chi connectivity index (χ1n) is 39.0. The summed E-state index contributed by atoms with van der Waals surface area (Å²) in [5.41, 5.74) is 20.9. The molecule has 4 aliphatic heterocycles. The van der Waals surface area contributed by atoms with Crippen molar-refractivity contribution in [2.75, 3.05) is 11.1 Å². The number of imide groups is 3. The largest absolute Gasteiger partial charge is 0.481 e. The number of hydrogen-bond donors (Lipinski definition) is 7.